The summed E-state index contributed by atoms with van der Waals surface area (Å²) in [7, 11) is 0. The van der Waals surface area contributed by atoms with Crippen LogP contribution in [0, 0.1) is 6.92 Å². The fourth-order valence-electron chi connectivity index (χ4n) is 2.80. The number of benzene rings is 3. The zero-order chi connectivity index (χ0) is 14.8. The minimum atomic E-state index is 0.230. The second kappa shape index (κ2) is 6.03. The van der Waals surface area contributed by atoms with Crippen molar-refractivity contribution in [3.63, 3.8) is 0 Å². The van der Waals surface area contributed by atoms with E-state index in [1.54, 1.807) is 0 Å². The van der Waals surface area contributed by atoms with Crippen molar-refractivity contribution in [3.8, 4) is 0 Å². The Labute approximate surface area is 134 Å². The molecule has 3 rings (SSSR count). The van der Waals surface area contributed by atoms with Gasteiger partial charge >= 0.3 is 0 Å². The van der Waals surface area contributed by atoms with Gasteiger partial charge in [-0.25, -0.2) is 0 Å². The van der Waals surface area contributed by atoms with E-state index in [1.807, 2.05) is 0 Å². The summed E-state index contributed by atoms with van der Waals surface area (Å²) in [5.41, 5.74) is 5.35. The molecule has 1 atom stereocenters. The van der Waals surface area contributed by atoms with Crippen molar-refractivity contribution < 1.29 is 0 Å². The maximum absolute atomic E-state index is 3.89. The zero-order valence-corrected chi connectivity index (χ0v) is 14.0. The van der Waals surface area contributed by atoms with Gasteiger partial charge in [0.05, 0.1) is 4.83 Å². The Hall–Kier alpha value is -1.60. The van der Waals surface area contributed by atoms with E-state index in [-0.39, 0.29) is 4.83 Å². The molecule has 0 saturated heterocycles. The maximum Gasteiger partial charge on any atom is 0.0650 e. The molecule has 3 aromatic rings. The van der Waals surface area contributed by atoms with Crippen LogP contribution in [0.1, 0.15) is 34.0 Å². The molecule has 0 aromatic heterocycles. The van der Waals surface area contributed by atoms with Crippen molar-refractivity contribution in [1.82, 2.24) is 0 Å². The molecule has 0 nitrogen and oxygen atoms in total. The Morgan fingerprint density at radius 1 is 0.857 bits per heavy atom. The first-order valence-electron chi connectivity index (χ1n) is 7.42. The number of fused-ring (bicyclic) bond motifs is 1. The molecule has 106 valence electrons. The van der Waals surface area contributed by atoms with Gasteiger partial charge in [0.15, 0.2) is 0 Å². The lowest BCUT2D eigenvalue weighted by Gasteiger charge is -2.15. The molecular formula is C20H19Br. The molecule has 0 aliphatic rings. The highest BCUT2D eigenvalue weighted by molar-refractivity contribution is 9.09. The van der Waals surface area contributed by atoms with Gasteiger partial charge in [-0.1, -0.05) is 83.5 Å². The van der Waals surface area contributed by atoms with E-state index < -0.39 is 0 Å². The minimum Gasteiger partial charge on any atom is -0.0786 e. The van der Waals surface area contributed by atoms with E-state index in [0.29, 0.717) is 0 Å². The Morgan fingerprint density at radius 2 is 1.52 bits per heavy atom. The summed E-state index contributed by atoms with van der Waals surface area (Å²) in [6, 6.07) is 22.0. The molecular weight excluding hydrogens is 320 g/mol. The van der Waals surface area contributed by atoms with Gasteiger partial charge in [-0.3, -0.25) is 0 Å². The van der Waals surface area contributed by atoms with Crippen molar-refractivity contribution in [3.05, 3.63) is 82.9 Å². The van der Waals surface area contributed by atoms with Crippen molar-refractivity contribution >= 4 is 26.7 Å². The Bertz CT molecular complexity index is 756. The molecule has 0 aliphatic carbocycles. The van der Waals surface area contributed by atoms with Crippen LogP contribution in [0.4, 0.5) is 0 Å². The van der Waals surface area contributed by atoms with Crippen molar-refractivity contribution in [2.24, 2.45) is 0 Å². The summed E-state index contributed by atoms with van der Waals surface area (Å²) in [5, 5.41) is 2.67. The van der Waals surface area contributed by atoms with Crippen LogP contribution in [0.25, 0.3) is 10.8 Å². The Morgan fingerprint density at radius 3 is 2.19 bits per heavy atom. The molecule has 0 amide bonds. The predicted molar refractivity (Wildman–Crippen MR) is 95.3 cm³/mol. The van der Waals surface area contributed by atoms with E-state index in [1.165, 1.54) is 33.0 Å². The molecule has 0 bridgehead atoms. The largest absolute Gasteiger partial charge is 0.0786 e. The molecule has 0 N–H and O–H groups in total. The van der Waals surface area contributed by atoms with Gasteiger partial charge in [0.25, 0.3) is 0 Å². The lowest BCUT2D eigenvalue weighted by molar-refractivity contribution is 1.12. The van der Waals surface area contributed by atoms with Crippen LogP contribution in [-0.2, 0) is 6.42 Å². The lowest BCUT2D eigenvalue weighted by atomic mass is 9.95. The van der Waals surface area contributed by atoms with Crippen LogP contribution in [0.2, 0.25) is 0 Å². The third-order valence-electron chi connectivity index (χ3n) is 4.13. The Balaban J connectivity index is 2.08. The monoisotopic (exact) mass is 338 g/mol. The van der Waals surface area contributed by atoms with Gasteiger partial charge in [-0.2, -0.15) is 0 Å². The number of rotatable bonds is 3. The molecule has 0 saturated carbocycles. The number of halogens is 1. The standard InChI is InChI=1S/C20H19Br/c1-3-15-9-11-16(12-10-15)20(21)19-13-8-14(2)17-6-4-5-7-18(17)19/h4-13,20H,3H2,1-2H3. The fourth-order valence-corrected chi connectivity index (χ4v) is 3.50. The van der Waals surface area contributed by atoms with Gasteiger partial charge in [-0.15, -0.1) is 0 Å². The fraction of sp³-hybridized carbons (Fsp3) is 0.200. The average Bonchev–Trinajstić information content (AvgIpc) is 2.55. The second-order valence-corrected chi connectivity index (χ2v) is 6.39. The van der Waals surface area contributed by atoms with E-state index in [9.17, 15) is 0 Å². The van der Waals surface area contributed by atoms with Crippen LogP contribution in [0.5, 0.6) is 0 Å². The van der Waals surface area contributed by atoms with E-state index in [2.05, 4.69) is 90.4 Å². The Kier molecular flexibility index (Phi) is 4.12. The molecule has 0 heterocycles. The maximum atomic E-state index is 3.89. The highest BCUT2D eigenvalue weighted by Crippen LogP contribution is 2.36. The third-order valence-corrected chi connectivity index (χ3v) is 5.15. The first-order valence-corrected chi connectivity index (χ1v) is 8.33. The second-order valence-electron chi connectivity index (χ2n) is 5.47. The van der Waals surface area contributed by atoms with Gasteiger partial charge in [0.1, 0.15) is 0 Å². The molecule has 3 aromatic carbocycles. The highest BCUT2D eigenvalue weighted by Gasteiger charge is 2.14. The van der Waals surface area contributed by atoms with Crippen LogP contribution >= 0.6 is 15.9 Å². The van der Waals surface area contributed by atoms with Gasteiger partial charge in [0, 0.05) is 0 Å². The summed E-state index contributed by atoms with van der Waals surface area (Å²) in [5.74, 6) is 0. The first-order chi connectivity index (χ1) is 10.2. The molecule has 1 unspecified atom stereocenters. The van der Waals surface area contributed by atoms with E-state index in [0.717, 1.165) is 6.42 Å². The smallest absolute Gasteiger partial charge is 0.0650 e. The van der Waals surface area contributed by atoms with Crippen LogP contribution in [0.3, 0.4) is 0 Å². The SMILES string of the molecule is CCc1ccc(C(Br)c2ccc(C)c3ccccc23)cc1. The quantitative estimate of drug-likeness (QED) is 0.499. The molecule has 1 heteroatoms. The molecule has 0 radical (unpaired) electrons. The lowest BCUT2D eigenvalue weighted by Crippen LogP contribution is -1.95. The van der Waals surface area contributed by atoms with E-state index >= 15 is 0 Å². The molecule has 0 fully saturated rings. The van der Waals surface area contributed by atoms with Crippen LogP contribution in [0.15, 0.2) is 60.7 Å². The third kappa shape index (κ3) is 2.75. The molecule has 21 heavy (non-hydrogen) atoms. The minimum absolute atomic E-state index is 0.230. The summed E-state index contributed by atoms with van der Waals surface area (Å²) in [4.78, 5) is 0.230. The van der Waals surface area contributed by atoms with Crippen molar-refractivity contribution in [2.75, 3.05) is 0 Å². The summed E-state index contributed by atoms with van der Waals surface area (Å²) >= 11 is 3.89. The summed E-state index contributed by atoms with van der Waals surface area (Å²) in [6.07, 6.45) is 1.08. The van der Waals surface area contributed by atoms with Crippen LogP contribution in [-0.4, -0.2) is 0 Å². The number of aryl methyl sites for hydroxylation is 2. The number of hydrogen-bond acceptors (Lipinski definition) is 0. The van der Waals surface area contributed by atoms with Gasteiger partial charge < -0.3 is 0 Å². The first kappa shape index (κ1) is 14.3. The number of hydrogen-bond donors (Lipinski definition) is 0. The van der Waals surface area contributed by atoms with Crippen molar-refractivity contribution in [2.45, 2.75) is 25.1 Å². The number of alkyl halides is 1. The predicted octanol–water partition coefficient (Wildman–Crippen LogP) is 6.19. The topological polar surface area (TPSA) is 0 Å². The highest BCUT2D eigenvalue weighted by atomic mass is 79.9. The molecule has 0 spiro atoms. The average molecular weight is 339 g/mol. The zero-order valence-electron chi connectivity index (χ0n) is 12.4. The van der Waals surface area contributed by atoms with Gasteiger partial charge in [-0.05, 0) is 46.4 Å². The van der Waals surface area contributed by atoms with E-state index in [4.69, 9.17) is 0 Å². The summed E-state index contributed by atoms with van der Waals surface area (Å²) < 4.78 is 0. The summed E-state index contributed by atoms with van der Waals surface area (Å²) in [6.45, 7) is 4.36. The van der Waals surface area contributed by atoms with Crippen molar-refractivity contribution in [1.29, 1.82) is 0 Å². The van der Waals surface area contributed by atoms with Crippen LogP contribution < -0.4 is 0 Å². The normalized spacial score (nSPS) is 12.5. The molecule has 0 aliphatic heterocycles. The van der Waals surface area contributed by atoms with Gasteiger partial charge in [0.2, 0.25) is 0 Å².